The first kappa shape index (κ1) is 33.2. The van der Waals surface area contributed by atoms with E-state index in [2.05, 4.69) is 20.9 Å². The van der Waals surface area contributed by atoms with E-state index in [1.807, 2.05) is 31.2 Å². The highest BCUT2D eigenvalue weighted by Crippen LogP contribution is 2.20. The lowest BCUT2D eigenvalue weighted by Gasteiger charge is -2.28. The number of unbranched alkanes of at least 4 members (excludes halogenated alkanes) is 1. The summed E-state index contributed by atoms with van der Waals surface area (Å²) in [7, 11) is 0. The maximum atomic E-state index is 13.6. The Morgan fingerprint density at radius 2 is 1.63 bits per heavy atom. The maximum absolute atomic E-state index is 13.6. The lowest BCUT2D eigenvalue weighted by molar-refractivity contribution is -0.143. The van der Waals surface area contributed by atoms with E-state index in [9.17, 15) is 29.1 Å². The number of benzene rings is 1. The molecule has 1 aromatic carbocycles. The van der Waals surface area contributed by atoms with Gasteiger partial charge in [-0.25, -0.2) is 4.79 Å². The van der Waals surface area contributed by atoms with Crippen LogP contribution in [0.25, 0.3) is 10.9 Å². The van der Waals surface area contributed by atoms with Crippen LogP contribution < -0.4 is 33.2 Å². The van der Waals surface area contributed by atoms with E-state index in [1.165, 1.54) is 0 Å². The first-order chi connectivity index (χ1) is 19.5. The fourth-order valence-corrected chi connectivity index (χ4v) is 4.41. The number of carbonyl (C=O) groups excluding carboxylic acids is 4. The molecule has 1 heterocycles. The molecule has 0 aliphatic heterocycles. The molecule has 0 spiro atoms. The number of primary amides is 1. The van der Waals surface area contributed by atoms with Crippen LogP contribution in [0, 0.1) is 5.92 Å². The Bertz CT molecular complexity index is 1200. The summed E-state index contributed by atoms with van der Waals surface area (Å²) in [4.78, 5) is 65.8. The molecule has 0 saturated heterocycles. The number of carbonyl (C=O) groups is 5. The van der Waals surface area contributed by atoms with Crippen molar-refractivity contribution in [1.29, 1.82) is 0 Å². The monoisotopic (exact) mass is 573 g/mol. The third-order valence-electron chi connectivity index (χ3n) is 7.13. The SMILES string of the molecule is CCC(C)C(NC(=O)C(Cc1c[nH]c2ccccc12)NC(=O)C(N)CCCCN)C(=O)NC(CCC(N)=O)C(=O)O. The van der Waals surface area contributed by atoms with Crippen molar-refractivity contribution < 1.29 is 29.1 Å². The lowest BCUT2D eigenvalue weighted by atomic mass is 9.96. The summed E-state index contributed by atoms with van der Waals surface area (Å²) < 4.78 is 0. The molecule has 2 aromatic rings. The zero-order valence-corrected chi connectivity index (χ0v) is 23.7. The molecular weight excluding hydrogens is 530 g/mol. The second kappa shape index (κ2) is 16.3. The van der Waals surface area contributed by atoms with Crippen LogP contribution in [0.4, 0.5) is 0 Å². The average Bonchev–Trinajstić information content (AvgIpc) is 3.35. The van der Waals surface area contributed by atoms with Gasteiger partial charge in [0.25, 0.3) is 0 Å². The zero-order valence-electron chi connectivity index (χ0n) is 23.7. The number of nitrogens with one attached hydrogen (secondary N) is 4. The first-order valence-corrected chi connectivity index (χ1v) is 13.9. The molecule has 0 saturated carbocycles. The minimum atomic E-state index is -1.37. The van der Waals surface area contributed by atoms with Gasteiger partial charge < -0.3 is 43.2 Å². The number of rotatable bonds is 18. The van der Waals surface area contributed by atoms with Gasteiger partial charge in [-0.1, -0.05) is 44.9 Å². The smallest absolute Gasteiger partial charge is 0.326 e. The molecule has 0 aliphatic carbocycles. The van der Waals surface area contributed by atoms with E-state index in [0.29, 0.717) is 32.2 Å². The molecule has 0 aliphatic rings. The van der Waals surface area contributed by atoms with Crippen LogP contribution in [0.5, 0.6) is 0 Å². The van der Waals surface area contributed by atoms with Crippen LogP contribution in [0.15, 0.2) is 30.5 Å². The zero-order chi connectivity index (χ0) is 30.5. The van der Waals surface area contributed by atoms with E-state index < -0.39 is 53.8 Å². The highest BCUT2D eigenvalue weighted by molar-refractivity contribution is 5.95. The maximum Gasteiger partial charge on any atom is 0.326 e. The molecule has 11 N–H and O–H groups in total. The summed E-state index contributed by atoms with van der Waals surface area (Å²) in [6.07, 6.45) is 3.69. The first-order valence-electron chi connectivity index (χ1n) is 13.9. The molecule has 0 radical (unpaired) electrons. The van der Waals surface area contributed by atoms with Gasteiger partial charge in [0, 0.05) is 29.9 Å². The summed E-state index contributed by atoms with van der Waals surface area (Å²) in [5, 5.41) is 18.3. The van der Waals surface area contributed by atoms with Crippen molar-refractivity contribution in [2.45, 2.75) is 83.0 Å². The molecule has 13 nitrogen and oxygen atoms in total. The molecule has 5 atom stereocenters. The summed E-state index contributed by atoms with van der Waals surface area (Å²) in [5.74, 6) is -4.27. The van der Waals surface area contributed by atoms with Crippen LogP contribution in [0.3, 0.4) is 0 Å². The average molecular weight is 574 g/mol. The minimum Gasteiger partial charge on any atom is -0.480 e. The second-order valence-electron chi connectivity index (χ2n) is 10.3. The topological polar surface area (TPSA) is 236 Å². The Morgan fingerprint density at radius 1 is 0.951 bits per heavy atom. The third kappa shape index (κ3) is 10.2. The van der Waals surface area contributed by atoms with Crippen LogP contribution >= 0.6 is 0 Å². The van der Waals surface area contributed by atoms with Crippen LogP contribution in [0.2, 0.25) is 0 Å². The molecule has 41 heavy (non-hydrogen) atoms. The minimum absolute atomic E-state index is 0.113. The fraction of sp³-hybridized carbons (Fsp3) is 0.536. The lowest BCUT2D eigenvalue weighted by Crippen LogP contribution is -2.59. The summed E-state index contributed by atoms with van der Waals surface area (Å²) in [6.45, 7) is 4.04. The number of amides is 4. The van der Waals surface area contributed by atoms with E-state index >= 15 is 0 Å². The summed E-state index contributed by atoms with van der Waals surface area (Å²) in [5.41, 5.74) is 18.4. The van der Waals surface area contributed by atoms with Gasteiger partial charge in [-0.15, -0.1) is 0 Å². The van der Waals surface area contributed by atoms with E-state index in [4.69, 9.17) is 17.2 Å². The van der Waals surface area contributed by atoms with E-state index in [0.717, 1.165) is 16.5 Å². The summed E-state index contributed by atoms with van der Waals surface area (Å²) >= 11 is 0. The Hall–Kier alpha value is -3.97. The second-order valence-corrected chi connectivity index (χ2v) is 10.3. The van der Waals surface area contributed by atoms with Crippen molar-refractivity contribution in [2.24, 2.45) is 23.1 Å². The highest BCUT2D eigenvalue weighted by atomic mass is 16.4. The van der Waals surface area contributed by atoms with Crippen molar-refractivity contribution in [3.05, 3.63) is 36.0 Å². The molecule has 0 fully saturated rings. The van der Waals surface area contributed by atoms with Crippen molar-refractivity contribution in [2.75, 3.05) is 6.54 Å². The largest absolute Gasteiger partial charge is 0.480 e. The van der Waals surface area contributed by atoms with Gasteiger partial charge in [-0.3, -0.25) is 19.2 Å². The van der Waals surface area contributed by atoms with Gasteiger partial charge in [0.05, 0.1) is 6.04 Å². The van der Waals surface area contributed by atoms with Crippen LogP contribution in [-0.2, 0) is 30.4 Å². The van der Waals surface area contributed by atoms with Gasteiger partial charge in [0.2, 0.25) is 23.6 Å². The standard InChI is InChI=1S/C28H43N7O6/c1-3-16(2)24(27(39)33-21(28(40)41)11-12-23(31)36)35-26(38)22(34-25(37)19(30)9-6-7-13-29)14-17-15-32-20-10-5-4-8-18(17)20/h4-5,8,10,15-16,19,21-22,24,32H,3,6-7,9,11-14,29-30H2,1-2H3,(H2,31,36)(H,33,39)(H,34,37)(H,35,38)(H,40,41). The summed E-state index contributed by atoms with van der Waals surface area (Å²) in [6, 6.07) is 3.11. The fourth-order valence-electron chi connectivity index (χ4n) is 4.41. The van der Waals surface area contributed by atoms with Gasteiger partial charge in [0.1, 0.15) is 18.1 Å². The van der Waals surface area contributed by atoms with Crippen LogP contribution in [-0.4, -0.2) is 70.4 Å². The Labute approximate surface area is 239 Å². The predicted octanol–water partition coefficient (Wildman–Crippen LogP) is 0.0173. The highest BCUT2D eigenvalue weighted by Gasteiger charge is 2.33. The molecule has 4 amide bonds. The van der Waals surface area contributed by atoms with Crippen molar-refractivity contribution in [1.82, 2.24) is 20.9 Å². The number of carboxylic acids is 1. The number of hydrogen-bond acceptors (Lipinski definition) is 7. The van der Waals surface area contributed by atoms with Crippen molar-refractivity contribution in [3.63, 3.8) is 0 Å². The number of H-pyrrole nitrogens is 1. The Kier molecular flexibility index (Phi) is 13.2. The quantitative estimate of drug-likeness (QED) is 0.113. The third-order valence-corrected chi connectivity index (χ3v) is 7.13. The number of hydrogen-bond donors (Lipinski definition) is 8. The number of carboxylic acid groups (broad SMARTS) is 1. The number of nitrogens with two attached hydrogens (primary N) is 3. The number of aliphatic carboxylic acids is 1. The Morgan fingerprint density at radius 3 is 2.27 bits per heavy atom. The van der Waals surface area contributed by atoms with Gasteiger partial charge >= 0.3 is 5.97 Å². The molecule has 226 valence electrons. The number of para-hydroxylation sites is 1. The number of aromatic amines is 1. The molecule has 2 rings (SSSR count). The van der Waals surface area contributed by atoms with E-state index in [1.54, 1.807) is 13.1 Å². The molecular formula is C28H43N7O6. The molecule has 13 heteroatoms. The van der Waals surface area contributed by atoms with Gasteiger partial charge in [-0.2, -0.15) is 0 Å². The molecule has 1 aromatic heterocycles. The predicted molar refractivity (Wildman–Crippen MR) is 154 cm³/mol. The normalized spacial score (nSPS) is 14.8. The van der Waals surface area contributed by atoms with Gasteiger partial charge in [0.15, 0.2) is 0 Å². The van der Waals surface area contributed by atoms with Gasteiger partial charge in [-0.05, 0) is 43.4 Å². The van der Waals surface area contributed by atoms with Crippen molar-refractivity contribution >= 4 is 40.5 Å². The number of fused-ring (bicyclic) bond motifs is 1. The molecule has 5 unspecified atom stereocenters. The van der Waals surface area contributed by atoms with Crippen LogP contribution in [0.1, 0.15) is 57.9 Å². The Balaban J connectivity index is 2.28. The van der Waals surface area contributed by atoms with Crippen molar-refractivity contribution in [3.8, 4) is 0 Å². The number of aromatic nitrogens is 1. The molecule has 0 bridgehead atoms. The van der Waals surface area contributed by atoms with E-state index in [-0.39, 0.29) is 25.2 Å².